The lowest BCUT2D eigenvalue weighted by atomic mass is 9.92. The zero-order valence-electron chi connectivity index (χ0n) is 14.9. The molecule has 0 spiro atoms. The van der Waals surface area contributed by atoms with Crippen LogP contribution in [0.2, 0.25) is 0 Å². The van der Waals surface area contributed by atoms with Crippen molar-refractivity contribution in [3.63, 3.8) is 0 Å². The standard InChI is InChI=1S/C19H38N2O/c1-3-5-6-7-8-9-10-11-12-13-14-17(4-2)18(22)19-20-15-16-21-19/h17-18,22H,3-16H2,1-2H3,(H,20,21). The predicted molar refractivity (Wildman–Crippen MR) is 96.6 cm³/mol. The number of hydrogen-bond acceptors (Lipinski definition) is 3. The van der Waals surface area contributed by atoms with Crippen molar-refractivity contribution >= 4 is 5.84 Å². The first-order valence-electron chi connectivity index (χ1n) is 9.75. The molecule has 0 saturated heterocycles. The maximum Gasteiger partial charge on any atom is 0.126 e. The molecule has 0 aromatic carbocycles. The molecule has 0 aromatic heterocycles. The fourth-order valence-corrected chi connectivity index (χ4v) is 3.32. The molecular weight excluding hydrogens is 272 g/mol. The molecule has 1 aliphatic heterocycles. The van der Waals surface area contributed by atoms with Crippen molar-refractivity contribution < 1.29 is 5.11 Å². The molecule has 1 heterocycles. The van der Waals surface area contributed by atoms with Gasteiger partial charge in [0.25, 0.3) is 0 Å². The van der Waals surface area contributed by atoms with E-state index in [9.17, 15) is 5.11 Å². The normalized spacial score (nSPS) is 17.1. The second-order valence-electron chi connectivity index (χ2n) is 6.78. The molecule has 1 rings (SSSR count). The lowest BCUT2D eigenvalue weighted by Gasteiger charge is -2.21. The van der Waals surface area contributed by atoms with E-state index < -0.39 is 0 Å². The SMILES string of the molecule is CCCCCCCCCCCCC(CC)C(O)C1=NCCN1. The van der Waals surface area contributed by atoms with Crippen molar-refractivity contribution in [2.45, 2.75) is 97.0 Å². The number of aliphatic imine (C=N–C) groups is 1. The van der Waals surface area contributed by atoms with E-state index in [1.165, 1.54) is 64.2 Å². The first-order chi connectivity index (χ1) is 10.8. The Morgan fingerprint density at radius 2 is 1.55 bits per heavy atom. The second kappa shape index (κ2) is 12.9. The van der Waals surface area contributed by atoms with Crippen molar-refractivity contribution in [2.24, 2.45) is 10.9 Å². The fourth-order valence-electron chi connectivity index (χ4n) is 3.32. The van der Waals surface area contributed by atoms with E-state index in [1.54, 1.807) is 0 Å². The maximum atomic E-state index is 10.4. The Balaban J connectivity index is 1.98. The Hall–Kier alpha value is -0.570. The van der Waals surface area contributed by atoms with Crippen molar-refractivity contribution in [1.82, 2.24) is 5.32 Å². The van der Waals surface area contributed by atoms with Crippen LogP contribution >= 0.6 is 0 Å². The van der Waals surface area contributed by atoms with E-state index in [2.05, 4.69) is 24.2 Å². The number of aliphatic hydroxyl groups is 1. The number of rotatable bonds is 14. The van der Waals surface area contributed by atoms with Crippen molar-refractivity contribution in [1.29, 1.82) is 0 Å². The summed E-state index contributed by atoms with van der Waals surface area (Å²) in [7, 11) is 0. The Morgan fingerprint density at radius 3 is 2.05 bits per heavy atom. The van der Waals surface area contributed by atoms with E-state index in [4.69, 9.17) is 0 Å². The summed E-state index contributed by atoms with van der Waals surface area (Å²) in [6.07, 6.45) is 15.5. The van der Waals surface area contributed by atoms with Crippen LogP contribution in [-0.2, 0) is 0 Å². The summed E-state index contributed by atoms with van der Waals surface area (Å²) in [6, 6.07) is 0. The predicted octanol–water partition coefficient (Wildman–Crippen LogP) is 4.69. The van der Waals surface area contributed by atoms with Gasteiger partial charge in [-0.3, -0.25) is 4.99 Å². The van der Waals surface area contributed by atoms with Crippen LogP contribution in [0.4, 0.5) is 0 Å². The van der Waals surface area contributed by atoms with Gasteiger partial charge in [-0.2, -0.15) is 0 Å². The van der Waals surface area contributed by atoms with Crippen LogP contribution in [0.25, 0.3) is 0 Å². The summed E-state index contributed by atoms with van der Waals surface area (Å²) in [4.78, 5) is 4.36. The van der Waals surface area contributed by atoms with E-state index >= 15 is 0 Å². The average molecular weight is 311 g/mol. The first-order valence-corrected chi connectivity index (χ1v) is 9.75. The summed E-state index contributed by atoms with van der Waals surface area (Å²) in [5.41, 5.74) is 0. The summed E-state index contributed by atoms with van der Waals surface area (Å²) >= 11 is 0. The minimum absolute atomic E-state index is 0.369. The lowest BCUT2D eigenvalue weighted by molar-refractivity contribution is 0.155. The molecule has 1 aliphatic rings. The third kappa shape index (κ3) is 8.17. The summed E-state index contributed by atoms with van der Waals surface area (Å²) < 4.78 is 0. The molecule has 0 saturated carbocycles. The van der Waals surface area contributed by atoms with E-state index in [1.807, 2.05) is 0 Å². The second-order valence-corrected chi connectivity index (χ2v) is 6.78. The third-order valence-electron chi connectivity index (χ3n) is 4.88. The van der Waals surface area contributed by atoms with Gasteiger partial charge in [0, 0.05) is 6.54 Å². The van der Waals surface area contributed by atoms with Crippen molar-refractivity contribution in [3.8, 4) is 0 Å². The van der Waals surface area contributed by atoms with Crippen LogP contribution in [0, 0.1) is 5.92 Å². The zero-order valence-corrected chi connectivity index (χ0v) is 14.9. The number of unbranched alkanes of at least 4 members (excludes halogenated alkanes) is 9. The highest BCUT2D eigenvalue weighted by atomic mass is 16.3. The van der Waals surface area contributed by atoms with Gasteiger partial charge in [-0.25, -0.2) is 0 Å². The smallest absolute Gasteiger partial charge is 0.126 e. The van der Waals surface area contributed by atoms with Gasteiger partial charge in [0.1, 0.15) is 11.9 Å². The highest BCUT2D eigenvalue weighted by Crippen LogP contribution is 2.20. The zero-order chi connectivity index (χ0) is 16.0. The number of nitrogens with one attached hydrogen (secondary N) is 1. The molecule has 3 nitrogen and oxygen atoms in total. The highest BCUT2D eigenvalue weighted by molar-refractivity contribution is 5.87. The molecule has 2 atom stereocenters. The number of aliphatic hydroxyl groups excluding tert-OH is 1. The lowest BCUT2D eigenvalue weighted by Crippen LogP contribution is -2.36. The van der Waals surface area contributed by atoms with Gasteiger partial charge in [-0.15, -0.1) is 0 Å². The largest absolute Gasteiger partial charge is 0.385 e. The Morgan fingerprint density at radius 1 is 0.955 bits per heavy atom. The molecule has 0 aliphatic carbocycles. The van der Waals surface area contributed by atoms with E-state index in [0.29, 0.717) is 5.92 Å². The highest BCUT2D eigenvalue weighted by Gasteiger charge is 2.23. The van der Waals surface area contributed by atoms with Crippen LogP contribution in [0.15, 0.2) is 4.99 Å². The van der Waals surface area contributed by atoms with Gasteiger partial charge >= 0.3 is 0 Å². The summed E-state index contributed by atoms with van der Waals surface area (Å²) in [5.74, 6) is 1.21. The maximum absolute atomic E-state index is 10.4. The monoisotopic (exact) mass is 310 g/mol. The fraction of sp³-hybridized carbons (Fsp3) is 0.947. The van der Waals surface area contributed by atoms with Crippen LogP contribution in [0.1, 0.15) is 90.9 Å². The van der Waals surface area contributed by atoms with Gasteiger partial charge in [0.15, 0.2) is 0 Å². The molecule has 0 amide bonds. The molecule has 2 unspecified atom stereocenters. The Bertz CT molecular complexity index is 291. The molecule has 0 aromatic rings. The van der Waals surface area contributed by atoms with Gasteiger partial charge in [-0.1, -0.05) is 84.5 Å². The van der Waals surface area contributed by atoms with Crippen LogP contribution in [0.3, 0.4) is 0 Å². The molecule has 0 fully saturated rings. The number of nitrogens with zero attached hydrogens (tertiary/aromatic N) is 1. The molecular formula is C19H38N2O. The number of amidine groups is 1. The van der Waals surface area contributed by atoms with Gasteiger partial charge in [0.05, 0.1) is 6.54 Å². The van der Waals surface area contributed by atoms with Crippen LogP contribution in [-0.4, -0.2) is 30.1 Å². The first kappa shape index (κ1) is 19.5. The van der Waals surface area contributed by atoms with Crippen molar-refractivity contribution in [2.75, 3.05) is 13.1 Å². The minimum Gasteiger partial charge on any atom is -0.385 e. The third-order valence-corrected chi connectivity index (χ3v) is 4.88. The summed E-state index contributed by atoms with van der Waals surface area (Å²) in [5, 5.41) is 13.6. The average Bonchev–Trinajstić information content (AvgIpc) is 3.06. The van der Waals surface area contributed by atoms with Gasteiger partial charge in [0.2, 0.25) is 0 Å². The molecule has 2 N–H and O–H groups in total. The quantitative estimate of drug-likeness (QED) is 0.457. The van der Waals surface area contributed by atoms with Crippen LogP contribution < -0.4 is 5.32 Å². The molecule has 3 heteroatoms. The van der Waals surface area contributed by atoms with Crippen molar-refractivity contribution in [3.05, 3.63) is 0 Å². The van der Waals surface area contributed by atoms with E-state index in [0.717, 1.165) is 31.8 Å². The Labute approximate surface area is 138 Å². The van der Waals surface area contributed by atoms with Crippen LogP contribution in [0.5, 0.6) is 0 Å². The summed E-state index contributed by atoms with van der Waals surface area (Å²) in [6.45, 7) is 6.16. The van der Waals surface area contributed by atoms with Gasteiger partial charge in [-0.05, 0) is 12.3 Å². The Kier molecular flexibility index (Phi) is 11.4. The topological polar surface area (TPSA) is 44.6 Å². The number of hydrogen-bond donors (Lipinski definition) is 2. The molecule has 130 valence electrons. The molecule has 0 bridgehead atoms. The minimum atomic E-state index is -0.369. The van der Waals surface area contributed by atoms with Gasteiger partial charge < -0.3 is 10.4 Å². The molecule has 22 heavy (non-hydrogen) atoms. The molecule has 0 radical (unpaired) electrons. The van der Waals surface area contributed by atoms with E-state index in [-0.39, 0.29) is 6.10 Å².